The minimum absolute atomic E-state index is 0.108. The molecule has 0 spiro atoms. The van der Waals surface area contributed by atoms with Gasteiger partial charge in [0.25, 0.3) is 0 Å². The molecule has 1 fully saturated rings. The lowest BCUT2D eigenvalue weighted by atomic mass is 10.0. The quantitative estimate of drug-likeness (QED) is 0.418. The first-order valence-corrected chi connectivity index (χ1v) is 3.43. The van der Waals surface area contributed by atoms with Gasteiger partial charge in [-0.2, -0.15) is 0 Å². The largest absolute Gasteiger partial charge is 0.389 e. The second-order valence-corrected chi connectivity index (χ2v) is 2.57. The van der Waals surface area contributed by atoms with Gasteiger partial charge in [0.15, 0.2) is 6.29 Å². The van der Waals surface area contributed by atoms with Gasteiger partial charge >= 0.3 is 0 Å². The molecule has 1 aliphatic rings. The van der Waals surface area contributed by atoms with Gasteiger partial charge in [-0.3, -0.25) is 0 Å². The van der Waals surface area contributed by atoms with Crippen LogP contribution in [0.3, 0.4) is 0 Å². The summed E-state index contributed by atoms with van der Waals surface area (Å²) in [6, 6.07) is -0.686. The molecular weight excluding hydrogens is 150 g/mol. The van der Waals surface area contributed by atoms with E-state index in [4.69, 9.17) is 20.3 Å². The number of nitrogens with two attached hydrogens (primary N) is 1. The molecule has 1 heterocycles. The number of rotatable bonds is 1. The van der Waals surface area contributed by atoms with Gasteiger partial charge in [-0.1, -0.05) is 0 Å². The molecule has 1 rings (SSSR count). The van der Waals surface area contributed by atoms with E-state index in [1.54, 1.807) is 0 Å². The molecule has 1 saturated heterocycles. The Morgan fingerprint density at radius 1 is 1.55 bits per heavy atom. The Morgan fingerprint density at radius 3 is 2.73 bits per heavy atom. The average molecular weight is 163 g/mol. The van der Waals surface area contributed by atoms with Crippen molar-refractivity contribution in [1.29, 1.82) is 0 Å². The highest BCUT2D eigenvalue weighted by atomic mass is 16.7. The fourth-order valence-corrected chi connectivity index (χ4v) is 1.02. The Labute approximate surface area is 64.7 Å². The first-order valence-electron chi connectivity index (χ1n) is 3.43. The predicted molar refractivity (Wildman–Crippen MR) is 36.7 cm³/mol. The van der Waals surface area contributed by atoms with Crippen molar-refractivity contribution in [2.24, 2.45) is 5.73 Å². The van der Waals surface area contributed by atoms with E-state index in [1.165, 1.54) is 7.11 Å². The monoisotopic (exact) mass is 163 g/mol. The van der Waals surface area contributed by atoms with Gasteiger partial charge in [0, 0.05) is 7.11 Å². The molecule has 5 nitrogen and oxygen atoms in total. The van der Waals surface area contributed by atoms with E-state index in [0.29, 0.717) is 0 Å². The number of methoxy groups -OCH3 is 1. The molecule has 0 amide bonds. The highest BCUT2D eigenvalue weighted by Crippen LogP contribution is 2.13. The van der Waals surface area contributed by atoms with Crippen LogP contribution in [0.15, 0.2) is 0 Å². The first kappa shape index (κ1) is 8.89. The molecule has 0 unspecified atom stereocenters. The highest BCUT2D eigenvalue weighted by molar-refractivity contribution is 4.85. The van der Waals surface area contributed by atoms with E-state index in [9.17, 15) is 5.11 Å². The maximum Gasteiger partial charge on any atom is 0.184 e. The SMILES string of the molecule is CO[C@@H]1OC[C@@H](O)[C@@H](N)[C@@H]1O. The van der Waals surface area contributed by atoms with Crippen molar-refractivity contribution in [1.82, 2.24) is 0 Å². The summed E-state index contributed by atoms with van der Waals surface area (Å²) < 4.78 is 9.68. The lowest BCUT2D eigenvalue weighted by Gasteiger charge is -2.34. The first-order chi connectivity index (χ1) is 5.16. The molecule has 0 saturated carbocycles. The van der Waals surface area contributed by atoms with Crippen molar-refractivity contribution in [3.05, 3.63) is 0 Å². The zero-order valence-corrected chi connectivity index (χ0v) is 6.30. The van der Waals surface area contributed by atoms with Gasteiger partial charge < -0.3 is 25.4 Å². The Morgan fingerprint density at radius 2 is 2.18 bits per heavy atom. The third-order valence-corrected chi connectivity index (χ3v) is 1.78. The van der Waals surface area contributed by atoms with Crippen LogP contribution in [0, 0.1) is 0 Å². The van der Waals surface area contributed by atoms with Crippen LogP contribution in [-0.4, -0.2) is 48.5 Å². The van der Waals surface area contributed by atoms with Crippen molar-refractivity contribution < 1.29 is 19.7 Å². The Hall–Kier alpha value is -0.200. The van der Waals surface area contributed by atoms with Crippen molar-refractivity contribution in [2.45, 2.75) is 24.5 Å². The van der Waals surface area contributed by atoms with Gasteiger partial charge in [0.1, 0.15) is 6.10 Å². The molecule has 0 aromatic heterocycles. The minimum atomic E-state index is -0.955. The van der Waals surface area contributed by atoms with Crippen molar-refractivity contribution in [3.8, 4) is 0 Å². The van der Waals surface area contributed by atoms with E-state index in [2.05, 4.69) is 0 Å². The van der Waals surface area contributed by atoms with E-state index in [1.807, 2.05) is 0 Å². The van der Waals surface area contributed by atoms with Crippen LogP contribution in [0.5, 0.6) is 0 Å². The number of aliphatic hydroxyl groups excluding tert-OH is 2. The summed E-state index contributed by atoms with van der Waals surface area (Å²) in [4.78, 5) is 0. The standard InChI is InChI=1S/C6H13NO4/c1-10-6-5(9)4(7)3(8)2-11-6/h3-6,8-9H,2,7H2,1H3/t3-,4-,5+,6-/m1/s1. The van der Waals surface area contributed by atoms with Crippen LogP contribution < -0.4 is 5.73 Å². The normalized spacial score (nSPS) is 45.8. The Bertz CT molecular complexity index is 130. The third-order valence-electron chi connectivity index (χ3n) is 1.78. The molecule has 5 heteroatoms. The van der Waals surface area contributed by atoms with Gasteiger partial charge in [0.05, 0.1) is 18.8 Å². The molecule has 0 radical (unpaired) electrons. The lowest BCUT2D eigenvalue weighted by molar-refractivity contribution is -0.231. The van der Waals surface area contributed by atoms with Gasteiger partial charge in [0.2, 0.25) is 0 Å². The van der Waals surface area contributed by atoms with Crippen molar-refractivity contribution in [3.63, 3.8) is 0 Å². The second kappa shape index (κ2) is 3.46. The maximum atomic E-state index is 9.27. The maximum absolute atomic E-state index is 9.27. The minimum Gasteiger partial charge on any atom is -0.389 e. The smallest absolute Gasteiger partial charge is 0.184 e. The average Bonchev–Trinajstić information content (AvgIpc) is 2.01. The van der Waals surface area contributed by atoms with E-state index in [0.717, 1.165) is 0 Å². The van der Waals surface area contributed by atoms with Gasteiger partial charge in [-0.05, 0) is 0 Å². The van der Waals surface area contributed by atoms with Gasteiger partial charge in [-0.25, -0.2) is 0 Å². The fourth-order valence-electron chi connectivity index (χ4n) is 1.02. The number of hydrogen-bond acceptors (Lipinski definition) is 5. The summed E-state index contributed by atoms with van der Waals surface area (Å²) in [5.74, 6) is 0. The summed E-state index contributed by atoms with van der Waals surface area (Å²) in [6.07, 6.45) is -2.48. The van der Waals surface area contributed by atoms with Crippen LogP contribution in [0.25, 0.3) is 0 Å². The molecule has 0 aromatic carbocycles. The van der Waals surface area contributed by atoms with Crippen LogP contribution in [0.4, 0.5) is 0 Å². The van der Waals surface area contributed by atoms with Crippen molar-refractivity contribution >= 4 is 0 Å². The van der Waals surface area contributed by atoms with E-state index < -0.39 is 24.5 Å². The predicted octanol–water partition coefficient (Wildman–Crippen LogP) is -1.96. The molecule has 4 N–H and O–H groups in total. The number of aliphatic hydroxyl groups is 2. The third kappa shape index (κ3) is 1.69. The number of ether oxygens (including phenoxy) is 2. The summed E-state index contributed by atoms with van der Waals surface area (Å²) >= 11 is 0. The number of hydrogen-bond donors (Lipinski definition) is 3. The molecule has 4 atom stereocenters. The zero-order chi connectivity index (χ0) is 8.43. The Balaban J connectivity index is 2.52. The molecular formula is C6H13NO4. The van der Waals surface area contributed by atoms with Crippen LogP contribution in [-0.2, 0) is 9.47 Å². The molecule has 0 bridgehead atoms. The summed E-state index contributed by atoms with van der Waals surface area (Å²) in [7, 11) is 1.41. The summed E-state index contributed by atoms with van der Waals surface area (Å²) in [6.45, 7) is 0.108. The molecule has 1 aliphatic heterocycles. The van der Waals surface area contributed by atoms with Crippen molar-refractivity contribution in [2.75, 3.05) is 13.7 Å². The zero-order valence-electron chi connectivity index (χ0n) is 6.30. The molecule has 0 aromatic rings. The van der Waals surface area contributed by atoms with Crippen LogP contribution in [0.1, 0.15) is 0 Å². The fraction of sp³-hybridized carbons (Fsp3) is 1.00. The topological polar surface area (TPSA) is 84.9 Å². The molecule has 0 aliphatic carbocycles. The lowest BCUT2D eigenvalue weighted by Crippen LogP contribution is -2.57. The summed E-state index contributed by atoms with van der Waals surface area (Å²) in [5.41, 5.74) is 5.43. The van der Waals surface area contributed by atoms with Crippen LogP contribution in [0.2, 0.25) is 0 Å². The van der Waals surface area contributed by atoms with E-state index >= 15 is 0 Å². The highest BCUT2D eigenvalue weighted by Gasteiger charge is 2.36. The second-order valence-electron chi connectivity index (χ2n) is 2.57. The molecule has 66 valence electrons. The summed E-state index contributed by atoms with van der Waals surface area (Å²) in [5, 5.41) is 18.4. The van der Waals surface area contributed by atoms with E-state index in [-0.39, 0.29) is 6.61 Å². The Kier molecular flexibility index (Phi) is 2.80. The molecule has 11 heavy (non-hydrogen) atoms. The van der Waals surface area contributed by atoms with Gasteiger partial charge in [-0.15, -0.1) is 0 Å². The van der Waals surface area contributed by atoms with Crippen LogP contribution >= 0.6 is 0 Å².